The molecule has 2 aromatic heterocycles. The lowest BCUT2D eigenvalue weighted by molar-refractivity contribution is 0.392. The molecule has 0 aliphatic rings. The highest BCUT2D eigenvalue weighted by atomic mass is 16.4. The van der Waals surface area contributed by atoms with Crippen LogP contribution >= 0.6 is 0 Å². The first-order chi connectivity index (χ1) is 8.91. The fourth-order valence-electron chi connectivity index (χ4n) is 1.73. The SMILES string of the molecule is CCn1ccnc1CN(C)c1nnc(C(C)(C)C)o1. The molecule has 0 unspecified atom stereocenters. The van der Waals surface area contributed by atoms with E-state index in [4.69, 9.17) is 4.42 Å². The molecular formula is C13H21N5O. The molecule has 0 aromatic carbocycles. The molecule has 0 radical (unpaired) electrons. The van der Waals surface area contributed by atoms with Gasteiger partial charge in [0.05, 0.1) is 6.54 Å². The molecule has 0 amide bonds. The fraction of sp³-hybridized carbons (Fsp3) is 0.615. The Hall–Kier alpha value is -1.85. The van der Waals surface area contributed by atoms with Gasteiger partial charge < -0.3 is 13.9 Å². The normalized spacial score (nSPS) is 11.8. The van der Waals surface area contributed by atoms with Crippen LogP contribution in [0.5, 0.6) is 0 Å². The van der Waals surface area contributed by atoms with Gasteiger partial charge in [-0.15, -0.1) is 5.10 Å². The van der Waals surface area contributed by atoms with Crippen LogP contribution in [0.15, 0.2) is 16.8 Å². The summed E-state index contributed by atoms with van der Waals surface area (Å²) in [5, 5.41) is 8.19. The van der Waals surface area contributed by atoms with E-state index in [1.807, 2.05) is 38.9 Å². The fourth-order valence-corrected chi connectivity index (χ4v) is 1.73. The van der Waals surface area contributed by atoms with Crippen molar-refractivity contribution in [2.45, 2.75) is 46.2 Å². The molecule has 104 valence electrons. The molecule has 6 nitrogen and oxygen atoms in total. The third kappa shape index (κ3) is 2.94. The van der Waals surface area contributed by atoms with Crippen molar-refractivity contribution in [2.75, 3.05) is 11.9 Å². The van der Waals surface area contributed by atoms with Crippen LogP contribution < -0.4 is 4.90 Å². The number of anilines is 1. The first-order valence-electron chi connectivity index (χ1n) is 6.47. The molecule has 6 heteroatoms. The number of nitrogens with zero attached hydrogens (tertiary/aromatic N) is 5. The molecule has 0 saturated heterocycles. The Morgan fingerprint density at radius 3 is 2.63 bits per heavy atom. The van der Waals surface area contributed by atoms with Gasteiger partial charge in [-0.05, 0) is 6.92 Å². The van der Waals surface area contributed by atoms with Crippen LogP contribution in [0.4, 0.5) is 6.01 Å². The minimum Gasteiger partial charge on any atom is -0.407 e. The Labute approximate surface area is 113 Å². The summed E-state index contributed by atoms with van der Waals surface area (Å²) in [6.45, 7) is 9.79. The second kappa shape index (κ2) is 5.03. The lowest BCUT2D eigenvalue weighted by atomic mass is 9.97. The summed E-state index contributed by atoms with van der Waals surface area (Å²) in [4.78, 5) is 6.25. The molecule has 0 saturated carbocycles. The summed E-state index contributed by atoms with van der Waals surface area (Å²) in [6.07, 6.45) is 3.78. The molecule has 0 N–H and O–H groups in total. The van der Waals surface area contributed by atoms with Crippen molar-refractivity contribution < 1.29 is 4.42 Å². The van der Waals surface area contributed by atoms with Crippen LogP contribution in [0.1, 0.15) is 39.4 Å². The summed E-state index contributed by atoms with van der Waals surface area (Å²) >= 11 is 0. The summed E-state index contributed by atoms with van der Waals surface area (Å²) in [5.41, 5.74) is -0.131. The topological polar surface area (TPSA) is 60.0 Å². The minimum atomic E-state index is -0.131. The van der Waals surface area contributed by atoms with E-state index in [1.165, 1.54) is 0 Å². The molecule has 2 rings (SSSR count). The lowest BCUT2D eigenvalue weighted by Crippen LogP contribution is -2.20. The second-order valence-corrected chi connectivity index (χ2v) is 5.63. The summed E-state index contributed by atoms with van der Waals surface area (Å²) in [5.74, 6) is 1.63. The third-order valence-corrected chi connectivity index (χ3v) is 2.90. The second-order valence-electron chi connectivity index (χ2n) is 5.63. The van der Waals surface area contributed by atoms with Gasteiger partial charge in [0, 0.05) is 31.4 Å². The van der Waals surface area contributed by atoms with Crippen molar-refractivity contribution in [2.24, 2.45) is 0 Å². The first-order valence-corrected chi connectivity index (χ1v) is 6.47. The zero-order valence-electron chi connectivity index (χ0n) is 12.2. The van der Waals surface area contributed by atoms with Crippen LogP contribution in [0.25, 0.3) is 0 Å². The number of aromatic nitrogens is 4. The van der Waals surface area contributed by atoms with E-state index in [2.05, 4.69) is 26.7 Å². The average Bonchev–Trinajstić information content (AvgIpc) is 2.95. The highest BCUT2D eigenvalue weighted by Gasteiger charge is 2.23. The number of hydrogen-bond acceptors (Lipinski definition) is 5. The molecule has 0 bridgehead atoms. The molecule has 0 fully saturated rings. The van der Waals surface area contributed by atoms with Crippen molar-refractivity contribution in [1.82, 2.24) is 19.7 Å². The summed E-state index contributed by atoms with van der Waals surface area (Å²) in [6, 6.07) is 0.524. The average molecular weight is 263 g/mol. The minimum absolute atomic E-state index is 0.131. The number of aryl methyl sites for hydroxylation is 1. The maximum Gasteiger partial charge on any atom is 0.318 e. The van der Waals surface area contributed by atoms with Crippen LogP contribution in [0, 0.1) is 0 Å². The van der Waals surface area contributed by atoms with E-state index in [1.54, 1.807) is 6.20 Å². The van der Waals surface area contributed by atoms with Crippen LogP contribution in [-0.4, -0.2) is 26.8 Å². The third-order valence-electron chi connectivity index (χ3n) is 2.90. The first kappa shape index (κ1) is 13.6. The molecule has 0 aliphatic heterocycles. The molecule has 0 aliphatic carbocycles. The number of imidazole rings is 1. The van der Waals surface area contributed by atoms with Crippen LogP contribution in [-0.2, 0) is 18.5 Å². The zero-order chi connectivity index (χ0) is 14.0. The van der Waals surface area contributed by atoms with E-state index in [0.717, 1.165) is 12.4 Å². The van der Waals surface area contributed by atoms with Gasteiger partial charge in [-0.1, -0.05) is 25.9 Å². The molecular weight excluding hydrogens is 242 g/mol. The maximum atomic E-state index is 5.70. The van der Waals surface area contributed by atoms with E-state index in [0.29, 0.717) is 18.5 Å². The van der Waals surface area contributed by atoms with E-state index >= 15 is 0 Å². The van der Waals surface area contributed by atoms with E-state index in [-0.39, 0.29) is 5.41 Å². The molecule has 0 atom stereocenters. The lowest BCUT2D eigenvalue weighted by Gasteiger charge is -2.15. The number of rotatable bonds is 4. The van der Waals surface area contributed by atoms with E-state index < -0.39 is 0 Å². The highest BCUT2D eigenvalue weighted by Crippen LogP contribution is 2.23. The van der Waals surface area contributed by atoms with Crippen LogP contribution in [0.2, 0.25) is 0 Å². The van der Waals surface area contributed by atoms with Gasteiger partial charge in [0.2, 0.25) is 5.89 Å². The Balaban J connectivity index is 2.12. The van der Waals surface area contributed by atoms with Gasteiger partial charge in [0.1, 0.15) is 5.82 Å². The molecule has 2 heterocycles. The highest BCUT2D eigenvalue weighted by molar-refractivity contribution is 5.23. The Kier molecular flexibility index (Phi) is 3.59. The van der Waals surface area contributed by atoms with Crippen molar-refractivity contribution in [3.63, 3.8) is 0 Å². The maximum absolute atomic E-state index is 5.70. The monoisotopic (exact) mass is 263 g/mol. The Morgan fingerprint density at radius 1 is 1.32 bits per heavy atom. The number of hydrogen-bond donors (Lipinski definition) is 0. The summed E-state index contributed by atoms with van der Waals surface area (Å²) < 4.78 is 7.79. The van der Waals surface area contributed by atoms with Gasteiger partial charge in [-0.25, -0.2) is 4.98 Å². The zero-order valence-corrected chi connectivity index (χ0v) is 12.2. The largest absolute Gasteiger partial charge is 0.407 e. The standard InChI is InChI=1S/C13H21N5O/c1-6-18-8-7-14-10(18)9-17(5)12-16-15-11(19-12)13(2,3)4/h7-8H,6,9H2,1-5H3. The summed E-state index contributed by atoms with van der Waals surface area (Å²) in [7, 11) is 1.93. The predicted octanol–water partition coefficient (Wildman–Crippen LogP) is 2.22. The van der Waals surface area contributed by atoms with Gasteiger partial charge in [0.25, 0.3) is 0 Å². The predicted molar refractivity (Wildman–Crippen MR) is 73.0 cm³/mol. The molecule has 19 heavy (non-hydrogen) atoms. The Bertz CT molecular complexity index is 537. The Morgan fingerprint density at radius 2 is 2.05 bits per heavy atom. The molecule has 0 spiro atoms. The quantitative estimate of drug-likeness (QED) is 0.846. The molecule has 2 aromatic rings. The van der Waals surface area contributed by atoms with E-state index in [9.17, 15) is 0 Å². The van der Waals surface area contributed by atoms with Crippen molar-refractivity contribution in [1.29, 1.82) is 0 Å². The van der Waals surface area contributed by atoms with Gasteiger partial charge in [-0.2, -0.15) is 0 Å². The van der Waals surface area contributed by atoms with Gasteiger partial charge in [0.15, 0.2) is 0 Å². The van der Waals surface area contributed by atoms with Gasteiger partial charge >= 0.3 is 6.01 Å². The van der Waals surface area contributed by atoms with Gasteiger partial charge in [-0.3, -0.25) is 0 Å². The van der Waals surface area contributed by atoms with Crippen molar-refractivity contribution >= 4 is 6.01 Å². The van der Waals surface area contributed by atoms with Crippen molar-refractivity contribution in [3.8, 4) is 0 Å². The smallest absolute Gasteiger partial charge is 0.318 e. The van der Waals surface area contributed by atoms with Crippen molar-refractivity contribution in [3.05, 3.63) is 24.1 Å². The van der Waals surface area contributed by atoms with Crippen LogP contribution in [0.3, 0.4) is 0 Å².